The summed E-state index contributed by atoms with van der Waals surface area (Å²) < 4.78 is 42.9. The van der Waals surface area contributed by atoms with Crippen molar-refractivity contribution in [3.63, 3.8) is 0 Å². The average molecular weight is 481 g/mol. The fraction of sp³-hybridized carbons (Fsp3) is 0.333. The summed E-state index contributed by atoms with van der Waals surface area (Å²) in [5.41, 5.74) is -0.454. The average Bonchev–Trinajstić information content (AvgIpc) is 3.11. The van der Waals surface area contributed by atoms with Crippen molar-refractivity contribution in [2.75, 3.05) is 33.2 Å². The molecule has 7 nitrogen and oxygen atoms in total. The first-order chi connectivity index (χ1) is 13.5. The molecule has 1 aromatic heterocycles. The van der Waals surface area contributed by atoms with Crippen LogP contribution in [0.15, 0.2) is 45.5 Å². The third kappa shape index (κ3) is 9.11. The van der Waals surface area contributed by atoms with Crippen LogP contribution in [0.3, 0.4) is 0 Å². The van der Waals surface area contributed by atoms with Crippen LogP contribution in [0.25, 0.3) is 11.0 Å². The zero-order valence-corrected chi connectivity index (χ0v) is 17.0. The highest BCUT2D eigenvalue weighted by atomic mass is 79.9. The van der Waals surface area contributed by atoms with Crippen LogP contribution in [0.1, 0.15) is 5.56 Å². The number of carboxylic acids is 2. The van der Waals surface area contributed by atoms with E-state index in [4.69, 9.17) is 14.6 Å². The summed E-state index contributed by atoms with van der Waals surface area (Å²) in [5, 5.41) is 19.0. The first-order valence-corrected chi connectivity index (χ1v) is 9.07. The van der Waals surface area contributed by atoms with Gasteiger partial charge in [0.15, 0.2) is 0 Å². The van der Waals surface area contributed by atoms with Crippen molar-refractivity contribution in [2.45, 2.75) is 6.18 Å². The SMILES string of the molecule is CN1CCNCC1.FC(F)(F)c1ccc(Br)c2occc12.O=C(O)/C=C/C(=O)O. The molecule has 1 aromatic carbocycles. The summed E-state index contributed by atoms with van der Waals surface area (Å²) in [6.07, 6.45) is -1.99. The highest BCUT2D eigenvalue weighted by Gasteiger charge is 2.33. The molecule has 0 unspecified atom stereocenters. The Morgan fingerprint density at radius 1 is 1.14 bits per heavy atom. The minimum absolute atomic E-state index is 0.0758. The molecule has 2 aromatic rings. The lowest BCUT2D eigenvalue weighted by Gasteiger charge is -2.21. The Balaban J connectivity index is 0.000000239. The molecule has 160 valence electrons. The molecule has 0 spiro atoms. The molecular formula is C18H20BrF3N2O5. The summed E-state index contributed by atoms with van der Waals surface area (Å²) >= 11 is 3.12. The number of halogens is 4. The number of fused-ring (bicyclic) bond motifs is 1. The van der Waals surface area contributed by atoms with E-state index in [1.54, 1.807) is 0 Å². The molecule has 2 heterocycles. The third-order valence-corrected chi connectivity index (χ3v) is 4.21. The number of hydrogen-bond donors (Lipinski definition) is 3. The second kappa shape index (κ2) is 11.6. The van der Waals surface area contributed by atoms with E-state index in [-0.39, 0.29) is 11.0 Å². The maximum Gasteiger partial charge on any atom is 0.417 e. The fourth-order valence-corrected chi connectivity index (χ4v) is 2.63. The molecule has 1 saturated heterocycles. The molecule has 0 radical (unpaired) electrons. The summed E-state index contributed by atoms with van der Waals surface area (Å²) in [6.45, 7) is 4.74. The van der Waals surface area contributed by atoms with Crippen LogP contribution in [0.4, 0.5) is 13.2 Å². The number of aliphatic carboxylic acids is 2. The molecule has 0 atom stereocenters. The fourth-order valence-electron chi connectivity index (χ4n) is 2.19. The van der Waals surface area contributed by atoms with Crippen molar-refractivity contribution in [3.05, 3.63) is 46.7 Å². The molecule has 3 rings (SSSR count). The Kier molecular flexibility index (Phi) is 9.86. The van der Waals surface area contributed by atoms with Gasteiger partial charge in [-0.3, -0.25) is 0 Å². The molecular weight excluding hydrogens is 461 g/mol. The maximum absolute atomic E-state index is 12.5. The van der Waals surface area contributed by atoms with Gasteiger partial charge in [-0.2, -0.15) is 13.2 Å². The third-order valence-electron chi connectivity index (χ3n) is 3.58. The quantitative estimate of drug-likeness (QED) is 0.565. The van der Waals surface area contributed by atoms with Crippen LogP contribution in [0, 0.1) is 0 Å². The topological polar surface area (TPSA) is 103 Å². The minimum Gasteiger partial charge on any atom is -0.478 e. The standard InChI is InChI=1S/C9H4BrF3O.C5H12N2.C4H4O4/c10-7-2-1-6(9(11,12)13)5-3-4-14-8(5)7;1-7-4-2-6-3-5-7;5-3(6)1-2-4(7)8/h1-4H;6H,2-5H2,1H3;1-2H,(H,5,6)(H,7,8)/b;;2-1+. The number of benzene rings is 1. The van der Waals surface area contributed by atoms with Crippen molar-refractivity contribution < 1.29 is 37.4 Å². The van der Waals surface area contributed by atoms with Gasteiger partial charge in [0.1, 0.15) is 5.58 Å². The normalized spacial score (nSPS) is 14.7. The van der Waals surface area contributed by atoms with E-state index in [1.807, 2.05) is 0 Å². The van der Waals surface area contributed by atoms with Gasteiger partial charge in [-0.1, -0.05) is 0 Å². The van der Waals surface area contributed by atoms with Gasteiger partial charge < -0.3 is 24.8 Å². The predicted molar refractivity (Wildman–Crippen MR) is 104 cm³/mol. The van der Waals surface area contributed by atoms with Crippen LogP contribution in [0.5, 0.6) is 0 Å². The molecule has 0 saturated carbocycles. The van der Waals surface area contributed by atoms with E-state index >= 15 is 0 Å². The molecule has 1 aliphatic rings. The van der Waals surface area contributed by atoms with Crippen LogP contribution < -0.4 is 5.32 Å². The van der Waals surface area contributed by atoms with Crippen molar-refractivity contribution in [1.82, 2.24) is 10.2 Å². The first-order valence-electron chi connectivity index (χ1n) is 8.28. The number of alkyl halides is 3. The molecule has 0 aliphatic carbocycles. The predicted octanol–water partition coefficient (Wildman–Crippen LogP) is 3.45. The zero-order chi connectivity index (χ0) is 22.0. The second-order valence-corrected chi connectivity index (χ2v) is 6.67. The van der Waals surface area contributed by atoms with Crippen molar-refractivity contribution >= 4 is 38.8 Å². The van der Waals surface area contributed by atoms with Gasteiger partial charge in [0.05, 0.1) is 16.3 Å². The van der Waals surface area contributed by atoms with Gasteiger partial charge in [0.2, 0.25) is 0 Å². The number of nitrogens with zero attached hydrogens (tertiary/aromatic N) is 1. The summed E-state index contributed by atoms with van der Waals surface area (Å²) in [7, 11) is 2.15. The molecule has 0 amide bonds. The smallest absolute Gasteiger partial charge is 0.417 e. The number of likely N-dealkylation sites (N-methyl/N-ethyl adjacent to an activating group) is 1. The number of carboxylic acid groups (broad SMARTS) is 2. The maximum atomic E-state index is 12.5. The Labute approximate surface area is 172 Å². The number of carbonyl (C=O) groups is 2. The van der Waals surface area contributed by atoms with Gasteiger partial charge in [-0.05, 0) is 41.2 Å². The molecule has 1 fully saturated rings. The summed E-state index contributed by atoms with van der Waals surface area (Å²) in [6, 6.07) is 3.67. The molecule has 11 heteroatoms. The Hall–Kier alpha value is -2.37. The molecule has 29 heavy (non-hydrogen) atoms. The van der Waals surface area contributed by atoms with Crippen LogP contribution >= 0.6 is 15.9 Å². The lowest BCUT2D eigenvalue weighted by atomic mass is 10.1. The van der Waals surface area contributed by atoms with E-state index in [2.05, 4.69) is 33.2 Å². The van der Waals surface area contributed by atoms with Crippen molar-refractivity contribution in [1.29, 1.82) is 0 Å². The van der Waals surface area contributed by atoms with Gasteiger partial charge in [0.25, 0.3) is 0 Å². The highest BCUT2D eigenvalue weighted by molar-refractivity contribution is 9.10. The van der Waals surface area contributed by atoms with E-state index in [0.29, 0.717) is 16.6 Å². The number of nitrogens with one attached hydrogen (secondary N) is 1. The van der Waals surface area contributed by atoms with Gasteiger partial charge >= 0.3 is 18.1 Å². The molecule has 0 bridgehead atoms. The molecule has 3 N–H and O–H groups in total. The highest BCUT2D eigenvalue weighted by Crippen LogP contribution is 2.37. The largest absolute Gasteiger partial charge is 0.478 e. The van der Waals surface area contributed by atoms with Gasteiger partial charge in [-0.15, -0.1) is 0 Å². The zero-order valence-electron chi connectivity index (χ0n) is 15.4. The Morgan fingerprint density at radius 3 is 2.10 bits per heavy atom. The van der Waals surface area contributed by atoms with Gasteiger partial charge in [0, 0.05) is 43.7 Å². The lowest BCUT2D eigenvalue weighted by Crippen LogP contribution is -2.40. The van der Waals surface area contributed by atoms with Crippen LogP contribution in [-0.2, 0) is 15.8 Å². The van der Waals surface area contributed by atoms with E-state index < -0.39 is 23.7 Å². The van der Waals surface area contributed by atoms with Crippen molar-refractivity contribution in [3.8, 4) is 0 Å². The first kappa shape index (κ1) is 24.7. The van der Waals surface area contributed by atoms with Crippen LogP contribution in [0.2, 0.25) is 0 Å². The van der Waals surface area contributed by atoms with E-state index in [9.17, 15) is 22.8 Å². The monoisotopic (exact) mass is 480 g/mol. The summed E-state index contributed by atoms with van der Waals surface area (Å²) in [4.78, 5) is 21.4. The molecule has 1 aliphatic heterocycles. The van der Waals surface area contributed by atoms with E-state index in [0.717, 1.165) is 19.2 Å². The van der Waals surface area contributed by atoms with Crippen molar-refractivity contribution in [2.24, 2.45) is 0 Å². The summed E-state index contributed by atoms with van der Waals surface area (Å²) in [5.74, 6) is -2.51. The Bertz CT molecular complexity index is 830. The number of piperazine rings is 1. The number of hydrogen-bond acceptors (Lipinski definition) is 5. The Morgan fingerprint density at radius 2 is 1.69 bits per heavy atom. The lowest BCUT2D eigenvalue weighted by molar-refractivity contribution is -0.136. The van der Waals surface area contributed by atoms with Crippen LogP contribution in [-0.4, -0.2) is 60.3 Å². The number of furan rings is 1. The van der Waals surface area contributed by atoms with E-state index in [1.165, 1.54) is 31.5 Å². The second-order valence-electron chi connectivity index (χ2n) is 5.82. The van der Waals surface area contributed by atoms with Gasteiger partial charge in [-0.25, -0.2) is 9.59 Å². The number of rotatable bonds is 2. The minimum atomic E-state index is -4.34.